The number of nitrogens with zero attached hydrogens (tertiary/aromatic N) is 1. The molecule has 0 radical (unpaired) electrons. The van der Waals surface area contributed by atoms with Crippen LogP contribution in [0.3, 0.4) is 0 Å². The van der Waals surface area contributed by atoms with Crippen LogP contribution in [0.5, 0.6) is 5.75 Å². The van der Waals surface area contributed by atoms with Crippen molar-refractivity contribution in [3.05, 3.63) is 61.6 Å². The second kappa shape index (κ2) is 10.3. The van der Waals surface area contributed by atoms with Gasteiger partial charge in [-0.3, -0.25) is 14.9 Å². The number of halogens is 2. The number of carbonyl (C=O) groups excluding carboxylic acids is 1. The van der Waals surface area contributed by atoms with Crippen molar-refractivity contribution in [2.45, 2.75) is 32.6 Å². The van der Waals surface area contributed by atoms with Gasteiger partial charge in [0.1, 0.15) is 10.8 Å². The number of anilines is 1. The fourth-order valence-electron chi connectivity index (χ4n) is 2.45. The quantitative estimate of drug-likeness (QED) is 0.276. The molecule has 0 aromatic heterocycles. The van der Waals surface area contributed by atoms with E-state index in [0.717, 1.165) is 30.2 Å². The van der Waals surface area contributed by atoms with E-state index in [1.165, 1.54) is 18.2 Å². The summed E-state index contributed by atoms with van der Waals surface area (Å²) in [4.78, 5) is 23.1. The molecular weight excluding hydrogens is 436 g/mol. The maximum atomic E-state index is 12.7. The lowest BCUT2D eigenvalue weighted by Gasteiger charge is -2.12. The number of nitro benzene ring substituents is 1. The number of hydrogen-bond donors (Lipinski definition) is 1. The minimum atomic E-state index is -0.595. The van der Waals surface area contributed by atoms with E-state index in [0.29, 0.717) is 17.9 Å². The Hall–Kier alpha value is -2.12. The molecule has 0 heterocycles. The van der Waals surface area contributed by atoms with Gasteiger partial charge in [-0.15, -0.1) is 0 Å². The Labute approximate surface area is 171 Å². The topological polar surface area (TPSA) is 81.5 Å². The molecule has 0 saturated heterocycles. The number of nitro groups is 1. The molecule has 2 aromatic rings. The highest BCUT2D eigenvalue weighted by Gasteiger charge is 2.17. The van der Waals surface area contributed by atoms with Gasteiger partial charge in [0.15, 0.2) is 0 Å². The molecule has 0 aliphatic heterocycles. The zero-order valence-electron chi connectivity index (χ0n) is 14.8. The van der Waals surface area contributed by atoms with Crippen LogP contribution in [0.1, 0.15) is 43.0 Å². The lowest BCUT2D eigenvalue weighted by atomic mass is 10.1. The first-order valence-electron chi connectivity index (χ1n) is 8.60. The molecule has 27 heavy (non-hydrogen) atoms. The first-order chi connectivity index (χ1) is 12.9. The maximum absolute atomic E-state index is 12.7. The first kappa shape index (κ1) is 21.2. The standard InChI is InChI=1S/C19H20BrClN2O4/c1-2-3-4-5-10-27-18-9-6-13(20)11-15(18)19(24)22-14-7-8-16(21)17(12-14)23(25)26/h6-9,11-12H,2-5,10H2,1H3,(H,22,24). The van der Waals surface area contributed by atoms with E-state index in [1.807, 2.05) is 0 Å². The van der Waals surface area contributed by atoms with Crippen molar-refractivity contribution in [2.75, 3.05) is 11.9 Å². The van der Waals surface area contributed by atoms with Gasteiger partial charge in [0, 0.05) is 16.2 Å². The molecule has 1 N–H and O–H groups in total. The van der Waals surface area contributed by atoms with Crippen molar-refractivity contribution in [1.29, 1.82) is 0 Å². The van der Waals surface area contributed by atoms with Crippen molar-refractivity contribution in [3.8, 4) is 5.75 Å². The smallest absolute Gasteiger partial charge is 0.289 e. The monoisotopic (exact) mass is 454 g/mol. The number of rotatable bonds is 9. The molecule has 0 bridgehead atoms. The molecule has 2 aromatic carbocycles. The number of amides is 1. The van der Waals surface area contributed by atoms with Crippen LogP contribution in [-0.2, 0) is 0 Å². The van der Waals surface area contributed by atoms with E-state index in [1.54, 1.807) is 18.2 Å². The lowest BCUT2D eigenvalue weighted by molar-refractivity contribution is -0.384. The molecule has 0 spiro atoms. The third-order valence-electron chi connectivity index (χ3n) is 3.84. The van der Waals surface area contributed by atoms with E-state index in [2.05, 4.69) is 28.2 Å². The second-order valence-electron chi connectivity index (χ2n) is 5.93. The number of benzene rings is 2. The van der Waals surface area contributed by atoms with Crippen molar-refractivity contribution < 1.29 is 14.5 Å². The summed E-state index contributed by atoms with van der Waals surface area (Å²) >= 11 is 9.15. The Balaban J connectivity index is 2.14. The van der Waals surface area contributed by atoms with Gasteiger partial charge < -0.3 is 10.1 Å². The summed E-state index contributed by atoms with van der Waals surface area (Å²) < 4.78 is 6.50. The van der Waals surface area contributed by atoms with Crippen LogP contribution in [0.15, 0.2) is 40.9 Å². The van der Waals surface area contributed by atoms with Gasteiger partial charge in [-0.2, -0.15) is 0 Å². The summed E-state index contributed by atoms with van der Waals surface area (Å²) in [7, 11) is 0. The van der Waals surface area contributed by atoms with Crippen molar-refractivity contribution in [1.82, 2.24) is 0 Å². The Morgan fingerprint density at radius 1 is 1.22 bits per heavy atom. The van der Waals surface area contributed by atoms with E-state index in [-0.39, 0.29) is 16.4 Å². The van der Waals surface area contributed by atoms with Gasteiger partial charge >= 0.3 is 0 Å². The van der Waals surface area contributed by atoms with E-state index in [4.69, 9.17) is 16.3 Å². The van der Waals surface area contributed by atoms with Crippen LogP contribution in [0.4, 0.5) is 11.4 Å². The molecule has 0 atom stereocenters. The van der Waals surface area contributed by atoms with Crippen LogP contribution in [0.25, 0.3) is 0 Å². The van der Waals surface area contributed by atoms with Crippen LogP contribution < -0.4 is 10.1 Å². The van der Waals surface area contributed by atoms with Gasteiger partial charge in [0.05, 0.1) is 17.1 Å². The summed E-state index contributed by atoms with van der Waals surface area (Å²) in [5.41, 5.74) is 0.360. The SMILES string of the molecule is CCCCCCOc1ccc(Br)cc1C(=O)Nc1ccc(Cl)c([N+](=O)[O-])c1. The minimum Gasteiger partial charge on any atom is -0.493 e. The molecule has 144 valence electrons. The van der Waals surface area contributed by atoms with Gasteiger partial charge in [-0.1, -0.05) is 53.7 Å². The number of hydrogen-bond acceptors (Lipinski definition) is 4. The largest absolute Gasteiger partial charge is 0.493 e. The van der Waals surface area contributed by atoms with Crippen molar-refractivity contribution in [3.63, 3.8) is 0 Å². The summed E-state index contributed by atoms with van der Waals surface area (Å²) in [6.45, 7) is 2.66. The Morgan fingerprint density at radius 3 is 2.70 bits per heavy atom. The van der Waals surface area contributed by atoms with Gasteiger partial charge in [-0.25, -0.2) is 0 Å². The number of unbranched alkanes of at least 4 members (excludes halogenated alkanes) is 3. The fraction of sp³-hybridized carbons (Fsp3) is 0.316. The summed E-state index contributed by atoms with van der Waals surface area (Å²) in [6.07, 6.45) is 4.27. The third kappa shape index (κ3) is 6.22. The molecule has 0 aliphatic rings. The second-order valence-corrected chi connectivity index (χ2v) is 7.25. The van der Waals surface area contributed by atoms with Gasteiger partial charge in [0.2, 0.25) is 0 Å². The minimum absolute atomic E-state index is 0.0107. The molecular formula is C19H20BrClN2O4. The zero-order valence-corrected chi connectivity index (χ0v) is 17.2. The van der Waals surface area contributed by atoms with E-state index < -0.39 is 10.8 Å². The summed E-state index contributed by atoms with van der Waals surface area (Å²) in [5, 5.41) is 13.7. The molecule has 0 fully saturated rings. The average molecular weight is 456 g/mol. The van der Waals surface area contributed by atoms with E-state index >= 15 is 0 Å². The Kier molecular flexibility index (Phi) is 8.06. The predicted molar refractivity (Wildman–Crippen MR) is 110 cm³/mol. The highest BCUT2D eigenvalue weighted by atomic mass is 79.9. The molecule has 1 amide bonds. The highest BCUT2D eigenvalue weighted by molar-refractivity contribution is 9.10. The normalized spacial score (nSPS) is 10.5. The maximum Gasteiger partial charge on any atom is 0.289 e. The van der Waals surface area contributed by atoms with Gasteiger partial charge in [-0.05, 0) is 36.8 Å². The molecule has 2 rings (SSSR count). The van der Waals surface area contributed by atoms with Crippen molar-refractivity contribution >= 4 is 44.8 Å². The predicted octanol–water partition coefficient (Wildman–Crippen LogP) is 6.22. The Morgan fingerprint density at radius 2 is 2.00 bits per heavy atom. The van der Waals surface area contributed by atoms with E-state index in [9.17, 15) is 14.9 Å². The molecule has 0 aliphatic carbocycles. The fourth-order valence-corrected chi connectivity index (χ4v) is 2.99. The zero-order chi connectivity index (χ0) is 19.8. The van der Waals surface area contributed by atoms with Crippen molar-refractivity contribution in [2.24, 2.45) is 0 Å². The van der Waals surface area contributed by atoms with Crippen LogP contribution >= 0.6 is 27.5 Å². The highest BCUT2D eigenvalue weighted by Crippen LogP contribution is 2.29. The molecule has 8 heteroatoms. The van der Waals surface area contributed by atoms with Crippen LogP contribution in [0, 0.1) is 10.1 Å². The molecule has 6 nitrogen and oxygen atoms in total. The number of nitrogens with one attached hydrogen (secondary N) is 1. The summed E-state index contributed by atoms with van der Waals surface area (Å²) in [6, 6.07) is 9.29. The summed E-state index contributed by atoms with van der Waals surface area (Å²) in [5.74, 6) is 0.0483. The average Bonchev–Trinajstić information content (AvgIpc) is 2.63. The first-order valence-corrected chi connectivity index (χ1v) is 9.77. The van der Waals surface area contributed by atoms with Crippen LogP contribution in [-0.4, -0.2) is 17.4 Å². The number of ether oxygens (including phenoxy) is 1. The molecule has 0 saturated carbocycles. The Bertz CT molecular complexity index is 829. The third-order valence-corrected chi connectivity index (χ3v) is 4.66. The molecule has 0 unspecified atom stereocenters. The van der Waals surface area contributed by atoms with Crippen LogP contribution in [0.2, 0.25) is 5.02 Å². The number of carbonyl (C=O) groups is 1. The van der Waals surface area contributed by atoms with Gasteiger partial charge in [0.25, 0.3) is 11.6 Å². The lowest BCUT2D eigenvalue weighted by Crippen LogP contribution is -2.14.